The molecule has 1 rings (SSSR count). The van der Waals surface area contributed by atoms with E-state index >= 15 is 0 Å². The van der Waals surface area contributed by atoms with Gasteiger partial charge in [-0.15, -0.1) is 0 Å². The fourth-order valence-electron chi connectivity index (χ4n) is 1.17. The van der Waals surface area contributed by atoms with Crippen LogP contribution < -0.4 is 0 Å². The third-order valence-electron chi connectivity index (χ3n) is 1.97. The van der Waals surface area contributed by atoms with E-state index in [0.717, 1.165) is 0 Å². The topological polar surface area (TPSA) is 40.5 Å². The van der Waals surface area contributed by atoms with Crippen molar-refractivity contribution in [1.29, 1.82) is 0 Å². The molecule has 58 valence electrons. The summed E-state index contributed by atoms with van der Waals surface area (Å²) < 4.78 is 0. The highest BCUT2D eigenvalue weighted by atomic mass is 16.3. The molecule has 0 saturated carbocycles. The summed E-state index contributed by atoms with van der Waals surface area (Å²) in [4.78, 5) is 0. The van der Waals surface area contributed by atoms with Gasteiger partial charge in [0, 0.05) is 12.3 Å². The first-order valence-corrected chi connectivity index (χ1v) is 3.73. The van der Waals surface area contributed by atoms with Crippen LogP contribution in [-0.2, 0) is 0 Å². The molecule has 0 aromatic heterocycles. The van der Waals surface area contributed by atoms with Crippen molar-refractivity contribution in [3.8, 4) is 0 Å². The van der Waals surface area contributed by atoms with Gasteiger partial charge in [0.25, 0.3) is 0 Å². The Kier molecular flexibility index (Phi) is 2.46. The summed E-state index contributed by atoms with van der Waals surface area (Å²) in [5.41, 5.74) is 0. The lowest BCUT2D eigenvalue weighted by molar-refractivity contribution is 0.0670. The molecule has 0 unspecified atom stereocenters. The van der Waals surface area contributed by atoms with E-state index in [-0.39, 0.29) is 18.1 Å². The highest BCUT2D eigenvalue weighted by Crippen LogP contribution is 2.17. The summed E-state index contributed by atoms with van der Waals surface area (Å²) in [6.45, 7) is 1.96. The van der Waals surface area contributed by atoms with Crippen LogP contribution in [0.3, 0.4) is 0 Å². The van der Waals surface area contributed by atoms with Crippen LogP contribution in [0.4, 0.5) is 0 Å². The average molecular weight is 142 g/mol. The van der Waals surface area contributed by atoms with Crippen molar-refractivity contribution in [3.63, 3.8) is 0 Å². The molecule has 0 aliphatic heterocycles. The van der Waals surface area contributed by atoms with E-state index in [1.54, 1.807) is 0 Å². The molecule has 1 aliphatic carbocycles. The Morgan fingerprint density at radius 1 is 1.40 bits per heavy atom. The van der Waals surface area contributed by atoms with Gasteiger partial charge >= 0.3 is 0 Å². The molecule has 0 fully saturated rings. The van der Waals surface area contributed by atoms with Crippen molar-refractivity contribution in [2.45, 2.75) is 32.0 Å². The molecule has 0 spiro atoms. The molecule has 10 heavy (non-hydrogen) atoms. The Morgan fingerprint density at radius 3 is 2.80 bits per heavy atom. The molecule has 3 atom stereocenters. The second-order valence-corrected chi connectivity index (χ2v) is 2.98. The van der Waals surface area contributed by atoms with Gasteiger partial charge in [0.15, 0.2) is 0 Å². The monoisotopic (exact) mass is 142 g/mol. The Labute approximate surface area is 61.2 Å². The number of hydrogen-bond donors (Lipinski definition) is 2. The summed E-state index contributed by atoms with van der Waals surface area (Å²) in [7, 11) is 0. The maximum Gasteiger partial charge on any atom is 0.0624 e. The molecular weight excluding hydrogens is 128 g/mol. The number of aliphatic hydroxyl groups excluding tert-OH is 2. The van der Waals surface area contributed by atoms with Gasteiger partial charge in [0.05, 0.1) is 12.2 Å². The largest absolute Gasteiger partial charge is 0.393 e. The van der Waals surface area contributed by atoms with Gasteiger partial charge in [-0.25, -0.2) is 0 Å². The van der Waals surface area contributed by atoms with Gasteiger partial charge in [-0.2, -0.15) is 0 Å². The van der Waals surface area contributed by atoms with E-state index in [4.69, 9.17) is 5.11 Å². The molecular formula is C8H14O2. The Balaban J connectivity index is 2.53. The van der Waals surface area contributed by atoms with Gasteiger partial charge < -0.3 is 10.2 Å². The van der Waals surface area contributed by atoms with Gasteiger partial charge in [-0.3, -0.25) is 0 Å². The average Bonchev–Trinajstić information content (AvgIpc) is 1.96. The molecule has 0 aromatic carbocycles. The maximum absolute atomic E-state index is 9.32. The van der Waals surface area contributed by atoms with Crippen LogP contribution in [0.5, 0.6) is 0 Å². The quantitative estimate of drug-likeness (QED) is 0.489. The SMILES string of the molecule is C[C@H]1C=CC[C@H](O)C[C@H]1O. The second-order valence-electron chi connectivity index (χ2n) is 2.98. The minimum Gasteiger partial charge on any atom is -0.393 e. The first-order valence-electron chi connectivity index (χ1n) is 3.73. The molecule has 0 aromatic rings. The number of aliphatic hydroxyl groups is 2. The molecule has 2 nitrogen and oxygen atoms in total. The summed E-state index contributed by atoms with van der Waals surface area (Å²) in [6.07, 6.45) is 4.37. The van der Waals surface area contributed by atoms with Gasteiger partial charge in [-0.1, -0.05) is 19.1 Å². The highest BCUT2D eigenvalue weighted by molar-refractivity contribution is 4.95. The fraction of sp³-hybridized carbons (Fsp3) is 0.750. The van der Waals surface area contributed by atoms with Crippen molar-refractivity contribution in [1.82, 2.24) is 0 Å². The predicted molar refractivity (Wildman–Crippen MR) is 39.6 cm³/mol. The summed E-state index contributed by atoms with van der Waals surface area (Å²) in [6, 6.07) is 0. The van der Waals surface area contributed by atoms with Crippen molar-refractivity contribution in [2.75, 3.05) is 0 Å². The van der Waals surface area contributed by atoms with E-state index in [1.807, 2.05) is 19.1 Å². The second kappa shape index (κ2) is 3.17. The van der Waals surface area contributed by atoms with Crippen LogP contribution in [0.2, 0.25) is 0 Å². The zero-order valence-electron chi connectivity index (χ0n) is 6.20. The third kappa shape index (κ3) is 1.82. The smallest absolute Gasteiger partial charge is 0.0624 e. The predicted octanol–water partition coefficient (Wildman–Crippen LogP) is 0.694. The van der Waals surface area contributed by atoms with Crippen molar-refractivity contribution >= 4 is 0 Å². The van der Waals surface area contributed by atoms with Crippen LogP contribution in [0.1, 0.15) is 19.8 Å². The lowest BCUT2D eigenvalue weighted by atomic mass is 10.0. The fourth-order valence-corrected chi connectivity index (χ4v) is 1.17. The van der Waals surface area contributed by atoms with Gasteiger partial charge in [0.2, 0.25) is 0 Å². The zero-order valence-corrected chi connectivity index (χ0v) is 6.20. The molecule has 0 radical (unpaired) electrons. The molecule has 0 bridgehead atoms. The first-order chi connectivity index (χ1) is 4.70. The van der Waals surface area contributed by atoms with E-state index < -0.39 is 0 Å². The third-order valence-corrected chi connectivity index (χ3v) is 1.97. The molecule has 2 N–H and O–H groups in total. The van der Waals surface area contributed by atoms with Crippen LogP contribution in [0.25, 0.3) is 0 Å². The Morgan fingerprint density at radius 2 is 2.10 bits per heavy atom. The summed E-state index contributed by atoms with van der Waals surface area (Å²) in [5, 5.41) is 18.5. The lowest BCUT2D eigenvalue weighted by Crippen LogP contribution is -2.20. The Hall–Kier alpha value is -0.340. The standard InChI is InChI=1S/C8H14O2/c1-6-3-2-4-7(9)5-8(6)10/h2-3,6-10H,4-5H2,1H3/t6-,7-,8+/m0/s1. The maximum atomic E-state index is 9.32. The van der Waals surface area contributed by atoms with Crippen molar-refractivity contribution in [2.24, 2.45) is 5.92 Å². The van der Waals surface area contributed by atoms with E-state index in [1.165, 1.54) is 0 Å². The molecule has 1 aliphatic rings. The first kappa shape index (κ1) is 7.76. The number of rotatable bonds is 0. The van der Waals surface area contributed by atoms with Crippen LogP contribution in [0.15, 0.2) is 12.2 Å². The molecule has 0 amide bonds. The zero-order chi connectivity index (χ0) is 7.56. The van der Waals surface area contributed by atoms with Crippen LogP contribution in [0, 0.1) is 5.92 Å². The molecule has 0 saturated heterocycles. The normalized spacial score (nSPS) is 41.3. The molecule has 2 heteroatoms. The van der Waals surface area contributed by atoms with Crippen LogP contribution >= 0.6 is 0 Å². The van der Waals surface area contributed by atoms with E-state index in [2.05, 4.69) is 0 Å². The van der Waals surface area contributed by atoms with Gasteiger partial charge in [-0.05, 0) is 6.42 Å². The Bertz CT molecular complexity index is 131. The van der Waals surface area contributed by atoms with Crippen LogP contribution in [-0.4, -0.2) is 22.4 Å². The number of hydrogen-bond acceptors (Lipinski definition) is 2. The summed E-state index contributed by atoms with van der Waals surface area (Å²) in [5.74, 6) is 0.192. The van der Waals surface area contributed by atoms with Crippen molar-refractivity contribution < 1.29 is 10.2 Å². The molecule has 0 heterocycles. The lowest BCUT2D eigenvalue weighted by Gasteiger charge is -2.14. The minimum atomic E-state index is -0.367. The minimum absolute atomic E-state index is 0.192. The summed E-state index contributed by atoms with van der Waals surface area (Å²) >= 11 is 0. The van der Waals surface area contributed by atoms with E-state index in [9.17, 15) is 5.11 Å². The van der Waals surface area contributed by atoms with E-state index in [0.29, 0.717) is 12.8 Å². The highest BCUT2D eigenvalue weighted by Gasteiger charge is 2.18. The van der Waals surface area contributed by atoms with Crippen molar-refractivity contribution in [3.05, 3.63) is 12.2 Å². The van der Waals surface area contributed by atoms with Gasteiger partial charge in [0.1, 0.15) is 0 Å².